The molecule has 0 bridgehead atoms. The van der Waals surface area contributed by atoms with Crippen LogP contribution in [0.3, 0.4) is 0 Å². The number of hydrogen-bond acceptors (Lipinski definition) is 6. The van der Waals surface area contributed by atoms with Crippen LogP contribution in [-0.4, -0.2) is 24.7 Å². The van der Waals surface area contributed by atoms with Gasteiger partial charge in [0.25, 0.3) is 11.5 Å². The highest BCUT2D eigenvalue weighted by Crippen LogP contribution is 2.34. The molecule has 1 amide bonds. The zero-order valence-corrected chi connectivity index (χ0v) is 25.4. The molecule has 1 aromatic heterocycles. The summed E-state index contributed by atoms with van der Waals surface area (Å²) in [6, 6.07) is 15.8. The minimum atomic E-state index is -0.715. The third kappa shape index (κ3) is 5.55. The normalized spacial score (nSPS) is 14.9. The van der Waals surface area contributed by atoms with Crippen molar-refractivity contribution in [3.8, 4) is 11.5 Å². The largest absolute Gasteiger partial charge is 0.497 e. The van der Waals surface area contributed by atoms with Crippen LogP contribution in [0.4, 0.5) is 5.69 Å². The molecule has 5 rings (SSSR count). The Labute approximate surface area is 251 Å². The molecule has 7 nitrogen and oxygen atoms in total. The first kappa shape index (κ1) is 28.7. The molecule has 1 atom stereocenters. The standard InChI is InChI=1S/C31H27Cl2N3O4S/c1-16-6-11-24(17(2)12-16)35-29(37)26-18(3)34-31-36(27(26)20-7-9-21(39-4)10-8-20)30(38)25(41-31)15-19-13-22(32)28(40-5)23(33)14-19/h6-15,27H,1-5H3,(H,35,37)/b25-15+/t27-/m1/s1. The zero-order chi connectivity index (χ0) is 29.4. The molecule has 0 aliphatic carbocycles. The van der Waals surface area contributed by atoms with Crippen molar-refractivity contribution in [1.82, 2.24) is 4.57 Å². The Morgan fingerprint density at radius 1 is 1.00 bits per heavy atom. The molecule has 41 heavy (non-hydrogen) atoms. The second-order valence-corrected chi connectivity index (χ2v) is 11.5. The lowest BCUT2D eigenvalue weighted by Crippen LogP contribution is -2.40. The minimum absolute atomic E-state index is 0.290. The molecule has 10 heteroatoms. The lowest BCUT2D eigenvalue weighted by molar-refractivity contribution is -0.113. The van der Waals surface area contributed by atoms with Gasteiger partial charge in [-0.25, -0.2) is 4.99 Å². The van der Waals surface area contributed by atoms with E-state index in [9.17, 15) is 9.59 Å². The SMILES string of the molecule is COc1ccc([C@@H]2C(C(=O)Nc3ccc(C)cc3C)=C(C)N=c3s/c(=C/c4cc(Cl)c(OC)c(Cl)c4)c(=O)n32)cc1. The summed E-state index contributed by atoms with van der Waals surface area (Å²) in [5, 5.41) is 3.70. The third-order valence-electron chi connectivity index (χ3n) is 6.85. The first-order valence-corrected chi connectivity index (χ1v) is 14.3. The van der Waals surface area contributed by atoms with Crippen LogP contribution in [0.2, 0.25) is 10.0 Å². The van der Waals surface area contributed by atoms with Crippen molar-refractivity contribution in [3.63, 3.8) is 0 Å². The van der Waals surface area contributed by atoms with Gasteiger partial charge in [0.05, 0.1) is 46.1 Å². The first-order valence-electron chi connectivity index (χ1n) is 12.7. The summed E-state index contributed by atoms with van der Waals surface area (Å²) in [5.41, 5.74) is 4.72. The van der Waals surface area contributed by atoms with E-state index < -0.39 is 6.04 Å². The van der Waals surface area contributed by atoms with E-state index in [1.807, 2.05) is 56.3 Å². The van der Waals surface area contributed by atoms with Crippen molar-refractivity contribution in [1.29, 1.82) is 0 Å². The maximum Gasteiger partial charge on any atom is 0.271 e. The fourth-order valence-corrected chi connectivity index (χ4v) is 6.57. The third-order valence-corrected chi connectivity index (χ3v) is 8.39. The van der Waals surface area contributed by atoms with Crippen molar-refractivity contribution in [2.24, 2.45) is 4.99 Å². The summed E-state index contributed by atoms with van der Waals surface area (Å²) in [6.07, 6.45) is 1.71. The monoisotopic (exact) mass is 607 g/mol. The van der Waals surface area contributed by atoms with Crippen molar-refractivity contribution >= 4 is 52.2 Å². The number of carbonyl (C=O) groups excluding carboxylic acids is 1. The molecule has 3 aromatic carbocycles. The first-order chi connectivity index (χ1) is 19.6. The van der Waals surface area contributed by atoms with Crippen LogP contribution in [0.25, 0.3) is 6.08 Å². The Hall–Kier alpha value is -3.85. The van der Waals surface area contributed by atoms with E-state index >= 15 is 0 Å². The van der Waals surface area contributed by atoms with Crippen molar-refractivity contribution in [2.75, 3.05) is 19.5 Å². The van der Waals surface area contributed by atoms with Crippen molar-refractivity contribution < 1.29 is 14.3 Å². The predicted octanol–water partition coefficient (Wildman–Crippen LogP) is 5.81. The van der Waals surface area contributed by atoms with Crippen LogP contribution in [0, 0.1) is 13.8 Å². The van der Waals surface area contributed by atoms with E-state index in [4.69, 9.17) is 37.7 Å². The van der Waals surface area contributed by atoms with E-state index in [0.717, 1.165) is 16.7 Å². The number of anilines is 1. The summed E-state index contributed by atoms with van der Waals surface area (Å²) < 4.78 is 12.6. The number of methoxy groups -OCH3 is 2. The molecule has 0 unspecified atom stereocenters. The number of carbonyl (C=O) groups is 1. The number of nitrogens with zero attached hydrogens (tertiary/aromatic N) is 2. The van der Waals surface area contributed by atoms with E-state index in [-0.39, 0.29) is 11.5 Å². The van der Waals surface area contributed by atoms with Gasteiger partial charge in [0.2, 0.25) is 0 Å². The van der Waals surface area contributed by atoms with Crippen LogP contribution < -0.4 is 29.7 Å². The van der Waals surface area contributed by atoms with Crippen LogP contribution >= 0.6 is 34.5 Å². The van der Waals surface area contributed by atoms with Crippen LogP contribution in [0.15, 0.2) is 75.7 Å². The maximum absolute atomic E-state index is 14.0. The Morgan fingerprint density at radius 3 is 2.29 bits per heavy atom. The number of amides is 1. The van der Waals surface area contributed by atoms with Gasteiger partial charge in [0.15, 0.2) is 10.6 Å². The quantitative estimate of drug-likeness (QED) is 0.300. The highest BCUT2D eigenvalue weighted by Gasteiger charge is 2.32. The number of ether oxygens (including phenoxy) is 2. The van der Waals surface area contributed by atoms with E-state index in [2.05, 4.69) is 5.32 Å². The van der Waals surface area contributed by atoms with Gasteiger partial charge in [-0.05, 0) is 73.9 Å². The van der Waals surface area contributed by atoms with E-state index in [0.29, 0.717) is 53.4 Å². The molecular formula is C31H27Cl2N3O4S. The number of rotatable bonds is 6. The summed E-state index contributed by atoms with van der Waals surface area (Å²) in [5.74, 6) is 0.694. The van der Waals surface area contributed by atoms with E-state index in [1.54, 1.807) is 36.8 Å². The lowest BCUT2D eigenvalue weighted by Gasteiger charge is -2.25. The molecule has 0 fully saturated rings. The molecule has 1 aliphatic rings. The van der Waals surface area contributed by atoms with Crippen molar-refractivity contribution in [3.05, 3.63) is 118 Å². The van der Waals surface area contributed by atoms with Gasteiger partial charge >= 0.3 is 0 Å². The Bertz CT molecular complexity index is 1870. The van der Waals surface area contributed by atoms with E-state index in [1.165, 1.54) is 18.4 Å². The summed E-state index contributed by atoms with van der Waals surface area (Å²) in [6.45, 7) is 5.73. The fourth-order valence-electron chi connectivity index (χ4n) is 4.87. The molecule has 210 valence electrons. The van der Waals surface area contributed by atoms with Gasteiger partial charge in [-0.1, -0.05) is 64.4 Å². The molecule has 1 aliphatic heterocycles. The van der Waals surface area contributed by atoms with Crippen LogP contribution in [-0.2, 0) is 4.79 Å². The number of fused-ring (bicyclic) bond motifs is 1. The number of halogens is 2. The molecule has 0 radical (unpaired) electrons. The van der Waals surface area contributed by atoms with Crippen molar-refractivity contribution in [2.45, 2.75) is 26.8 Å². The average molecular weight is 609 g/mol. The van der Waals surface area contributed by atoms with Gasteiger partial charge < -0.3 is 14.8 Å². The van der Waals surface area contributed by atoms with Gasteiger partial charge in [-0.3, -0.25) is 14.2 Å². The molecule has 2 heterocycles. The molecule has 0 spiro atoms. The number of nitrogens with one attached hydrogen (secondary N) is 1. The minimum Gasteiger partial charge on any atom is -0.497 e. The fraction of sp³-hybridized carbons (Fsp3) is 0.194. The second kappa shape index (κ2) is 11.6. The maximum atomic E-state index is 14.0. The molecular weight excluding hydrogens is 581 g/mol. The number of thiazole rings is 1. The number of aromatic nitrogens is 1. The van der Waals surface area contributed by atoms with Gasteiger partial charge in [-0.2, -0.15) is 0 Å². The summed E-state index contributed by atoms with van der Waals surface area (Å²) in [4.78, 5) is 33.0. The Balaban J connectivity index is 1.66. The van der Waals surface area contributed by atoms with Gasteiger partial charge in [0.1, 0.15) is 5.75 Å². The van der Waals surface area contributed by atoms with Gasteiger partial charge in [-0.15, -0.1) is 0 Å². The smallest absolute Gasteiger partial charge is 0.271 e. The van der Waals surface area contributed by atoms with Crippen LogP contribution in [0.1, 0.15) is 35.2 Å². The summed E-state index contributed by atoms with van der Waals surface area (Å²) >= 11 is 13.9. The number of allylic oxidation sites excluding steroid dienone is 1. The highest BCUT2D eigenvalue weighted by molar-refractivity contribution is 7.07. The Morgan fingerprint density at radius 2 is 1.68 bits per heavy atom. The number of benzene rings is 3. The molecule has 1 N–H and O–H groups in total. The topological polar surface area (TPSA) is 81.9 Å². The number of hydrogen-bond donors (Lipinski definition) is 1. The second-order valence-electron chi connectivity index (χ2n) is 9.65. The molecule has 0 saturated carbocycles. The number of aryl methyl sites for hydroxylation is 2. The van der Waals surface area contributed by atoms with Gasteiger partial charge in [0, 0.05) is 5.69 Å². The predicted molar refractivity (Wildman–Crippen MR) is 164 cm³/mol. The zero-order valence-electron chi connectivity index (χ0n) is 23.0. The summed E-state index contributed by atoms with van der Waals surface area (Å²) in [7, 11) is 3.07. The highest BCUT2D eigenvalue weighted by atomic mass is 35.5. The average Bonchev–Trinajstić information content (AvgIpc) is 3.23. The Kier molecular flexibility index (Phi) is 8.09. The lowest BCUT2D eigenvalue weighted by atomic mass is 9.95. The molecule has 4 aromatic rings. The van der Waals surface area contributed by atoms with Crippen LogP contribution in [0.5, 0.6) is 11.5 Å². The molecule has 0 saturated heterocycles.